The summed E-state index contributed by atoms with van der Waals surface area (Å²) in [4.78, 5) is 17.5. The number of anilines is 1. The van der Waals surface area contributed by atoms with Gasteiger partial charge >= 0.3 is 0 Å². The molecule has 0 saturated carbocycles. The number of carbonyl (C=O) groups is 1. The number of nitrogens with one attached hydrogen (secondary N) is 1. The lowest BCUT2D eigenvalue weighted by Crippen LogP contribution is -2.24. The SMILES string of the molecule is Cc1nc(SC2CCc3ccccc3NC2=O)n(-c2ccccc2)c1C. The van der Waals surface area contributed by atoms with Gasteiger partial charge in [-0.25, -0.2) is 4.98 Å². The Hall–Kier alpha value is -2.53. The van der Waals surface area contributed by atoms with Gasteiger partial charge in [-0.3, -0.25) is 9.36 Å². The second-order valence-electron chi connectivity index (χ2n) is 6.53. The van der Waals surface area contributed by atoms with Crippen LogP contribution in [0.1, 0.15) is 23.4 Å². The summed E-state index contributed by atoms with van der Waals surface area (Å²) in [5.74, 6) is 0.0536. The molecule has 0 spiro atoms. The van der Waals surface area contributed by atoms with Gasteiger partial charge in [0.25, 0.3) is 0 Å². The molecule has 1 amide bonds. The van der Waals surface area contributed by atoms with Crippen molar-refractivity contribution in [3.05, 3.63) is 71.5 Å². The fourth-order valence-electron chi connectivity index (χ4n) is 3.27. The van der Waals surface area contributed by atoms with Gasteiger partial charge in [-0.05, 0) is 50.5 Å². The minimum Gasteiger partial charge on any atom is -0.325 e. The molecule has 0 bridgehead atoms. The van der Waals surface area contributed by atoms with Crippen molar-refractivity contribution in [1.82, 2.24) is 9.55 Å². The Morgan fingerprint density at radius 3 is 2.62 bits per heavy atom. The maximum absolute atomic E-state index is 12.8. The number of hydrogen-bond donors (Lipinski definition) is 1. The molecule has 0 radical (unpaired) electrons. The zero-order chi connectivity index (χ0) is 18.1. The van der Waals surface area contributed by atoms with Crippen LogP contribution in [0.25, 0.3) is 5.69 Å². The van der Waals surface area contributed by atoms with E-state index in [-0.39, 0.29) is 11.2 Å². The molecule has 4 rings (SSSR count). The molecule has 132 valence electrons. The summed E-state index contributed by atoms with van der Waals surface area (Å²) in [6.45, 7) is 4.09. The Morgan fingerprint density at radius 2 is 1.81 bits per heavy atom. The van der Waals surface area contributed by atoms with Gasteiger partial charge in [-0.1, -0.05) is 48.2 Å². The van der Waals surface area contributed by atoms with Crippen molar-refractivity contribution in [3.63, 3.8) is 0 Å². The minimum absolute atomic E-state index is 0.0536. The standard InChI is InChI=1S/C21H21N3OS/c1-14-15(2)24(17-9-4-3-5-10-17)21(22-14)26-19-13-12-16-8-6-7-11-18(16)23-20(19)25/h3-11,19H,12-13H2,1-2H3,(H,23,25). The van der Waals surface area contributed by atoms with Gasteiger partial charge in [-0.15, -0.1) is 0 Å². The number of para-hydroxylation sites is 2. The van der Waals surface area contributed by atoms with Crippen molar-refractivity contribution < 1.29 is 4.79 Å². The maximum Gasteiger partial charge on any atom is 0.237 e. The van der Waals surface area contributed by atoms with Crippen molar-refractivity contribution in [2.24, 2.45) is 0 Å². The van der Waals surface area contributed by atoms with E-state index in [4.69, 9.17) is 4.98 Å². The van der Waals surface area contributed by atoms with Crippen LogP contribution >= 0.6 is 11.8 Å². The minimum atomic E-state index is -0.161. The summed E-state index contributed by atoms with van der Waals surface area (Å²) in [7, 11) is 0. The zero-order valence-electron chi connectivity index (χ0n) is 14.9. The van der Waals surface area contributed by atoms with Gasteiger partial charge in [0.1, 0.15) is 0 Å². The molecule has 0 fully saturated rings. The van der Waals surface area contributed by atoms with Crippen LogP contribution < -0.4 is 5.32 Å². The number of aryl methyl sites for hydroxylation is 2. The molecule has 1 aliphatic rings. The molecule has 0 aliphatic carbocycles. The first-order chi connectivity index (χ1) is 12.6. The molecule has 3 aromatic rings. The van der Waals surface area contributed by atoms with E-state index in [1.807, 2.05) is 43.3 Å². The molecular weight excluding hydrogens is 342 g/mol. The van der Waals surface area contributed by atoms with Crippen molar-refractivity contribution in [2.75, 3.05) is 5.32 Å². The molecular formula is C21H21N3OS. The molecule has 4 nitrogen and oxygen atoms in total. The van der Waals surface area contributed by atoms with Gasteiger partial charge in [0.05, 0.1) is 10.9 Å². The summed E-state index contributed by atoms with van der Waals surface area (Å²) >= 11 is 1.55. The monoisotopic (exact) mass is 363 g/mol. The summed E-state index contributed by atoms with van der Waals surface area (Å²) in [6, 6.07) is 18.2. The Morgan fingerprint density at radius 1 is 1.08 bits per heavy atom. The van der Waals surface area contributed by atoms with Crippen molar-refractivity contribution in [2.45, 2.75) is 37.1 Å². The lowest BCUT2D eigenvalue weighted by atomic mass is 10.1. The lowest BCUT2D eigenvalue weighted by molar-refractivity contribution is -0.115. The highest BCUT2D eigenvalue weighted by molar-refractivity contribution is 8.00. The average Bonchev–Trinajstić information content (AvgIpc) is 2.83. The van der Waals surface area contributed by atoms with E-state index in [0.29, 0.717) is 0 Å². The first-order valence-electron chi connectivity index (χ1n) is 8.80. The highest BCUT2D eigenvalue weighted by atomic mass is 32.2. The zero-order valence-corrected chi connectivity index (χ0v) is 15.7. The van der Waals surface area contributed by atoms with Crippen LogP contribution in [0.4, 0.5) is 5.69 Å². The van der Waals surface area contributed by atoms with E-state index in [1.54, 1.807) is 11.8 Å². The van der Waals surface area contributed by atoms with E-state index in [9.17, 15) is 4.79 Å². The van der Waals surface area contributed by atoms with Crippen LogP contribution in [-0.2, 0) is 11.2 Å². The first kappa shape index (κ1) is 16.9. The van der Waals surface area contributed by atoms with Crippen LogP contribution in [-0.4, -0.2) is 20.7 Å². The molecule has 1 unspecified atom stereocenters. The first-order valence-corrected chi connectivity index (χ1v) is 9.68. The van der Waals surface area contributed by atoms with Crippen LogP contribution in [0.3, 0.4) is 0 Å². The number of benzene rings is 2. The molecule has 0 saturated heterocycles. The smallest absolute Gasteiger partial charge is 0.237 e. The molecule has 1 atom stereocenters. The number of thioether (sulfide) groups is 1. The number of hydrogen-bond acceptors (Lipinski definition) is 3. The quantitative estimate of drug-likeness (QED) is 0.743. The molecule has 2 heterocycles. The van der Waals surface area contributed by atoms with E-state index in [1.165, 1.54) is 5.56 Å². The third kappa shape index (κ3) is 3.15. The van der Waals surface area contributed by atoms with Crippen LogP contribution in [0.2, 0.25) is 0 Å². The highest BCUT2D eigenvalue weighted by Gasteiger charge is 2.27. The van der Waals surface area contributed by atoms with E-state index in [0.717, 1.165) is 40.8 Å². The predicted molar refractivity (Wildman–Crippen MR) is 106 cm³/mol. The van der Waals surface area contributed by atoms with Gasteiger partial charge in [-0.2, -0.15) is 0 Å². The molecule has 26 heavy (non-hydrogen) atoms. The Kier molecular flexibility index (Phi) is 4.55. The van der Waals surface area contributed by atoms with Crippen LogP contribution in [0.15, 0.2) is 59.8 Å². The molecule has 5 heteroatoms. The van der Waals surface area contributed by atoms with Gasteiger partial charge in [0.15, 0.2) is 5.16 Å². The summed E-state index contributed by atoms with van der Waals surface area (Å²) in [6.07, 6.45) is 1.68. The number of carbonyl (C=O) groups excluding carboxylic acids is 1. The van der Waals surface area contributed by atoms with Crippen molar-refractivity contribution in [3.8, 4) is 5.69 Å². The lowest BCUT2D eigenvalue weighted by Gasteiger charge is -2.15. The van der Waals surface area contributed by atoms with Gasteiger partial charge in [0.2, 0.25) is 5.91 Å². The molecule has 1 N–H and O–H groups in total. The largest absolute Gasteiger partial charge is 0.325 e. The van der Waals surface area contributed by atoms with Crippen LogP contribution in [0.5, 0.6) is 0 Å². The normalized spacial score (nSPS) is 16.7. The highest BCUT2D eigenvalue weighted by Crippen LogP contribution is 2.33. The Labute approximate surface area is 157 Å². The number of aromatic nitrogens is 2. The van der Waals surface area contributed by atoms with E-state index in [2.05, 4.69) is 35.0 Å². The average molecular weight is 363 g/mol. The fraction of sp³-hybridized carbons (Fsp3) is 0.238. The van der Waals surface area contributed by atoms with Crippen LogP contribution in [0, 0.1) is 13.8 Å². The summed E-state index contributed by atoms with van der Waals surface area (Å²) < 4.78 is 2.14. The van der Waals surface area contributed by atoms with Crippen molar-refractivity contribution >= 4 is 23.4 Å². The van der Waals surface area contributed by atoms with E-state index >= 15 is 0 Å². The van der Waals surface area contributed by atoms with E-state index < -0.39 is 0 Å². The number of rotatable bonds is 3. The number of amides is 1. The fourth-order valence-corrected chi connectivity index (χ4v) is 4.46. The Bertz CT molecular complexity index is 949. The third-order valence-electron chi connectivity index (χ3n) is 4.82. The topological polar surface area (TPSA) is 46.9 Å². The van der Waals surface area contributed by atoms with Gasteiger partial charge in [0, 0.05) is 17.1 Å². The maximum atomic E-state index is 12.8. The van der Waals surface area contributed by atoms with Gasteiger partial charge < -0.3 is 5.32 Å². The third-order valence-corrected chi connectivity index (χ3v) is 6.04. The predicted octanol–water partition coefficient (Wildman–Crippen LogP) is 4.53. The molecule has 1 aromatic heterocycles. The molecule has 2 aromatic carbocycles. The second kappa shape index (κ2) is 7.00. The second-order valence-corrected chi connectivity index (χ2v) is 7.70. The summed E-state index contributed by atoms with van der Waals surface area (Å²) in [5.41, 5.74) is 5.30. The summed E-state index contributed by atoms with van der Waals surface area (Å²) in [5, 5.41) is 3.79. The number of nitrogens with zero attached hydrogens (tertiary/aromatic N) is 2. The Balaban J connectivity index is 1.64. The molecule has 1 aliphatic heterocycles. The number of fused-ring (bicyclic) bond motifs is 1. The van der Waals surface area contributed by atoms with Crippen molar-refractivity contribution in [1.29, 1.82) is 0 Å². The number of imidazole rings is 1.